The summed E-state index contributed by atoms with van der Waals surface area (Å²) in [6.07, 6.45) is 5.16. The largest absolute Gasteiger partial charge is 0.379 e. The second-order valence-electron chi connectivity index (χ2n) is 6.41. The Kier molecular flexibility index (Phi) is 5.21. The normalized spacial score (nSPS) is 23.4. The van der Waals surface area contributed by atoms with Crippen molar-refractivity contribution in [2.45, 2.75) is 30.2 Å². The van der Waals surface area contributed by atoms with E-state index in [2.05, 4.69) is 15.1 Å². The van der Waals surface area contributed by atoms with Gasteiger partial charge < -0.3 is 9.64 Å². The standard InChI is InChI=1S/C15H24N4O4S/c1-24(21,22)13-10-16-17-15(13)12-4-2-3-5-19(12)14(20)11-18-6-8-23-9-7-18/h10,12H,2-9,11H2,1H3,(H,16,17)/t12-/m0/s1. The first-order valence-electron chi connectivity index (χ1n) is 8.29. The zero-order valence-electron chi connectivity index (χ0n) is 13.9. The lowest BCUT2D eigenvalue weighted by molar-refractivity contribution is -0.137. The number of piperidine rings is 1. The zero-order chi connectivity index (χ0) is 17.2. The van der Waals surface area contributed by atoms with Crippen LogP contribution in [0.3, 0.4) is 0 Å². The SMILES string of the molecule is CS(=O)(=O)c1cn[nH]c1[C@@H]1CCCCN1C(=O)CN1CCOCC1. The minimum Gasteiger partial charge on any atom is -0.379 e. The number of likely N-dealkylation sites (tertiary alicyclic amines) is 1. The molecule has 1 aromatic heterocycles. The van der Waals surface area contributed by atoms with Crippen LogP contribution in [-0.2, 0) is 19.4 Å². The number of nitrogens with zero attached hydrogens (tertiary/aromatic N) is 3. The maximum absolute atomic E-state index is 12.8. The van der Waals surface area contributed by atoms with E-state index in [1.807, 2.05) is 0 Å². The van der Waals surface area contributed by atoms with Crippen molar-refractivity contribution in [1.82, 2.24) is 20.0 Å². The highest BCUT2D eigenvalue weighted by Crippen LogP contribution is 2.33. The summed E-state index contributed by atoms with van der Waals surface area (Å²) in [5, 5.41) is 6.72. The van der Waals surface area contributed by atoms with Crippen molar-refractivity contribution in [2.75, 3.05) is 45.6 Å². The third-order valence-corrected chi connectivity index (χ3v) is 5.77. The number of carbonyl (C=O) groups is 1. The first-order valence-corrected chi connectivity index (χ1v) is 10.2. The van der Waals surface area contributed by atoms with Crippen molar-refractivity contribution in [1.29, 1.82) is 0 Å². The Hall–Kier alpha value is -1.45. The van der Waals surface area contributed by atoms with E-state index in [4.69, 9.17) is 4.74 Å². The Balaban J connectivity index is 1.78. The molecule has 2 saturated heterocycles. The van der Waals surface area contributed by atoms with Crippen LogP contribution >= 0.6 is 0 Å². The van der Waals surface area contributed by atoms with Crippen molar-refractivity contribution in [3.8, 4) is 0 Å². The van der Waals surface area contributed by atoms with E-state index in [-0.39, 0.29) is 16.8 Å². The molecule has 8 nitrogen and oxygen atoms in total. The van der Waals surface area contributed by atoms with Gasteiger partial charge in [-0.15, -0.1) is 0 Å². The average molecular weight is 356 g/mol. The molecule has 0 unspecified atom stereocenters. The van der Waals surface area contributed by atoms with Crippen LogP contribution in [0, 0.1) is 0 Å². The first kappa shape index (κ1) is 17.4. The van der Waals surface area contributed by atoms with Crippen molar-refractivity contribution >= 4 is 15.7 Å². The number of amides is 1. The lowest BCUT2D eigenvalue weighted by atomic mass is 9.99. The summed E-state index contributed by atoms with van der Waals surface area (Å²) in [4.78, 5) is 16.9. The zero-order valence-corrected chi connectivity index (χ0v) is 14.7. The number of morpholine rings is 1. The predicted molar refractivity (Wildman–Crippen MR) is 87.3 cm³/mol. The summed E-state index contributed by atoms with van der Waals surface area (Å²) >= 11 is 0. The third kappa shape index (κ3) is 3.79. The lowest BCUT2D eigenvalue weighted by Gasteiger charge is -2.37. The van der Waals surface area contributed by atoms with Crippen molar-refractivity contribution in [2.24, 2.45) is 0 Å². The fourth-order valence-electron chi connectivity index (χ4n) is 3.39. The summed E-state index contributed by atoms with van der Waals surface area (Å²) < 4.78 is 29.2. The highest BCUT2D eigenvalue weighted by molar-refractivity contribution is 7.90. The van der Waals surface area contributed by atoms with Crippen LogP contribution in [0.25, 0.3) is 0 Å². The van der Waals surface area contributed by atoms with Gasteiger partial charge in [0.25, 0.3) is 0 Å². The van der Waals surface area contributed by atoms with Crippen molar-refractivity contribution in [3.63, 3.8) is 0 Å². The van der Waals surface area contributed by atoms with Crippen LogP contribution in [0.15, 0.2) is 11.1 Å². The fraction of sp³-hybridized carbons (Fsp3) is 0.733. The van der Waals surface area contributed by atoms with Crippen LogP contribution in [0.5, 0.6) is 0 Å². The molecule has 0 bridgehead atoms. The topological polar surface area (TPSA) is 95.6 Å². The molecule has 0 saturated carbocycles. The molecule has 1 amide bonds. The molecule has 24 heavy (non-hydrogen) atoms. The van der Waals surface area contributed by atoms with Crippen LogP contribution in [-0.4, -0.2) is 80.0 Å². The molecule has 0 spiro atoms. The van der Waals surface area contributed by atoms with E-state index in [1.54, 1.807) is 4.90 Å². The number of hydrogen-bond acceptors (Lipinski definition) is 6. The molecule has 1 atom stereocenters. The first-order chi connectivity index (χ1) is 11.5. The van der Waals surface area contributed by atoms with E-state index in [0.29, 0.717) is 32.0 Å². The molecule has 0 aliphatic carbocycles. The van der Waals surface area contributed by atoms with Crippen LogP contribution in [0.1, 0.15) is 31.0 Å². The number of hydrogen-bond donors (Lipinski definition) is 1. The minimum absolute atomic E-state index is 0.0376. The van der Waals surface area contributed by atoms with Gasteiger partial charge in [-0.25, -0.2) is 8.42 Å². The van der Waals surface area contributed by atoms with Crippen LogP contribution < -0.4 is 0 Å². The van der Waals surface area contributed by atoms with Gasteiger partial charge in [0.05, 0.1) is 37.7 Å². The van der Waals surface area contributed by atoms with Crippen LogP contribution in [0.4, 0.5) is 0 Å². The molecule has 2 aliphatic heterocycles. The highest BCUT2D eigenvalue weighted by Gasteiger charge is 2.33. The van der Waals surface area contributed by atoms with E-state index in [9.17, 15) is 13.2 Å². The van der Waals surface area contributed by atoms with Gasteiger partial charge in [-0.1, -0.05) is 0 Å². The monoisotopic (exact) mass is 356 g/mol. The maximum atomic E-state index is 12.8. The number of sulfone groups is 1. The number of rotatable bonds is 4. The molecule has 3 heterocycles. The summed E-state index contributed by atoms with van der Waals surface area (Å²) in [7, 11) is -3.37. The van der Waals surface area contributed by atoms with Crippen LogP contribution in [0.2, 0.25) is 0 Å². The molecule has 1 aromatic rings. The average Bonchev–Trinajstić information content (AvgIpc) is 3.05. The number of H-pyrrole nitrogens is 1. The second-order valence-corrected chi connectivity index (χ2v) is 8.39. The van der Waals surface area contributed by atoms with Gasteiger partial charge in [-0.05, 0) is 19.3 Å². The molecule has 0 aromatic carbocycles. The van der Waals surface area contributed by atoms with E-state index in [0.717, 1.165) is 32.4 Å². The van der Waals surface area contributed by atoms with E-state index in [1.165, 1.54) is 12.5 Å². The summed E-state index contributed by atoms with van der Waals surface area (Å²) in [5.74, 6) is 0.0376. The number of aromatic nitrogens is 2. The Morgan fingerprint density at radius 2 is 2.08 bits per heavy atom. The number of carbonyl (C=O) groups excluding carboxylic acids is 1. The smallest absolute Gasteiger partial charge is 0.237 e. The Bertz CT molecular complexity index is 681. The second kappa shape index (κ2) is 7.20. The Morgan fingerprint density at radius 1 is 1.33 bits per heavy atom. The molecule has 3 rings (SSSR count). The summed E-state index contributed by atoms with van der Waals surface area (Å²) in [6, 6.07) is -0.250. The minimum atomic E-state index is -3.37. The maximum Gasteiger partial charge on any atom is 0.237 e. The lowest BCUT2D eigenvalue weighted by Crippen LogP contribution is -2.47. The van der Waals surface area contributed by atoms with Gasteiger partial charge >= 0.3 is 0 Å². The molecular formula is C15H24N4O4S. The van der Waals surface area contributed by atoms with Gasteiger partial charge in [0.15, 0.2) is 9.84 Å². The van der Waals surface area contributed by atoms with E-state index < -0.39 is 9.84 Å². The van der Waals surface area contributed by atoms with Gasteiger partial charge in [0.1, 0.15) is 4.90 Å². The Morgan fingerprint density at radius 3 is 2.79 bits per heavy atom. The molecule has 9 heteroatoms. The number of nitrogens with one attached hydrogen (secondary N) is 1. The van der Waals surface area contributed by atoms with Crippen molar-refractivity contribution in [3.05, 3.63) is 11.9 Å². The molecule has 134 valence electrons. The van der Waals surface area contributed by atoms with Gasteiger partial charge in [-0.2, -0.15) is 5.10 Å². The molecule has 2 fully saturated rings. The highest BCUT2D eigenvalue weighted by atomic mass is 32.2. The van der Waals surface area contributed by atoms with Gasteiger partial charge in [0, 0.05) is 25.9 Å². The predicted octanol–water partition coefficient (Wildman–Crippen LogP) is 0.199. The third-order valence-electron chi connectivity index (χ3n) is 4.65. The fourth-order valence-corrected chi connectivity index (χ4v) is 4.22. The molecule has 2 aliphatic rings. The molecule has 1 N–H and O–H groups in total. The van der Waals surface area contributed by atoms with Crippen molar-refractivity contribution < 1.29 is 17.9 Å². The number of ether oxygens (including phenoxy) is 1. The molecular weight excluding hydrogens is 332 g/mol. The van der Waals surface area contributed by atoms with Gasteiger partial charge in [0.2, 0.25) is 5.91 Å². The summed E-state index contributed by atoms with van der Waals surface area (Å²) in [5.41, 5.74) is 0.535. The van der Waals surface area contributed by atoms with E-state index >= 15 is 0 Å². The molecule has 0 radical (unpaired) electrons. The number of aromatic amines is 1. The Labute approximate surface area is 142 Å². The quantitative estimate of drug-likeness (QED) is 0.828. The van der Waals surface area contributed by atoms with Gasteiger partial charge in [-0.3, -0.25) is 14.8 Å². The summed E-state index contributed by atoms with van der Waals surface area (Å²) in [6.45, 7) is 3.80.